The Hall–Kier alpha value is -3.80. The predicted octanol–water partition coefficient (Wildman–Crippen LogP) is 4.33. The maximum Gasteiger partial charge on any atom is 0.419 e. The molecular formula is C23H19N3O3. The van der Waals surface area contributed by atoms with E-state index in [1.807, 2.05) is 78.2 Å². The zero-order valence-corrected chi connectivity index (χ0v) is 16.1. The number of fused-ring (bicyclic) bond motifs is 2. The summed E-state index contributed by atoms with van der Waals surface area (Å²) in [6.07, 6.45) is 1.97. The highest BCUT2D eigenvalue weighted by molar-refractivity contribution is 5.81. The number of aromatic nitrogens is 3. The second kappa shape index (κ2) is 6.67. The number of benzene rings is 2. The predicted molar refractivity (Wildman–Crippen MR) is 111 cm³/mol. The lowest BCUT2D eigenvalue weighted by Crippen LogP contribution is -2.08. The molecule has 0 fully saturated rings. The molecule has 0 aliphatic rings. The van der Waals surface area contributed by atoms with Crippen LogP contribution in [0.4, 0.5) is 0 Å². The normalized spacial score (nSPS) is 11.4. The summed E-state index contributed by atoms with van der Waals surface area (Å²) in [4.78, 5) is 16.6. The third-order valence-corrected chi connectivity index (χ3v) is 5.16. The number of aryl methyl sites for hydroxylation is 2. The van der Waals surface area contributed by atoms with Crippen molar-refractivity contribution >= 4 is 16.7 Å². The number of imidazole rings is 1. The van der Waals surface area contributed by atoms with E-state index < -0.39 is 0 Å². The van der Waals surface area contributed by atoms with Gasteiger partial charge in [-0.2, -0.15) is 0 Å². The van der Waals surface area contributed by atoms with E-state index in [2.05, 4.69) is 0 Å². The average Bonchev–Trinajstić information content (AvgIpc) is 3.24. The lowest BCUT2D eigenvalue weighted by Gasteiger charge is -2.07. The minimum Gasteiger partial charge on any atom is -0.485 e. The highest BCUT2D eigenvalue weighted by Gasteiger charge is 2.16. The minimum absolute atomic E-state index is 0.375. The number of hydrogen-bond acceptors (Lipinski definition) is 4. The van der Waals surface area contributed by atoms with Crippen LogP contribution < -0.4 is 10.5 Å². The Balaban J connectivity index is 1.58. The molecule has 0 aliphatic carbocycles. The third kappa shape index (κ3) is 2.89. The summed E-state index contributed by atoms with van der Waals surface area (Å²) in [5.41, 5.74) is 5.93. The molecule has 0 bridgehead atoms. The maximum atomic E-state index is 11.8. The molecule has 5 aromatic rings. The lowest BCUT2D eigenvalue weighted by molar-refractivity contribution is 0.308. The molecule has 6 nitrogen and oxygen atoms in total. The Morgan fingerprint density at radius 3 is 2.72 bits per heavy atom. The molecule has 3 aromatic heterocycles. The maximum absolute atomic E-state index is 11.8. The van der Waals surface area contributed by atoms with Crippen LogP contribution in [0.1, 0.15) is 11.3 Å². The topological polar surface area (TPSA) is 61.7 Å². The lowest BCUT2D eigenvalue weighted by atomic mass is 10.1. The molecule has 0 aliphatic heterocycles. The smallest absolute Gasteiger partial charge is 0.419 e. The van der Waals surface area contributed by atoms with Gasteiger partial charge in [0.15, 0.2) is 17.0 Å². The molecule has 0 unspecified atom stereocenters. The van der Waals surface area contributed by atoms with Crippen LogP contribution in [-0.2, 0) is 13.7 Å². The number of ether oxygens (including phenoxy) is 1. The van der Waals surface area contributed by atoms with E-state index >= 15 is 0 Å². The van der Waals surface area contributed by atoms with Crippen LogP contribution in [-0.4, -0.2) is 14.0 Å². The summed E-state index contributed by atoms with van der Waals surface area (Å²) in [5.74, 6) is 0.350. The molecule has 2 aromatic carbocycles. The zero-order chi connectivity index (χ0) is 20.0. The van der Waals surface area contributed by atoms with Crippen LogP contribution in [0.3, 0.4) is 0 Å². The van der Waals surface area contributed by atoms with E-state index in [1.54, 1.807) is 7.05 Å². The highest BCUT2D eigenvalue weighted by Crippen LogP contribution is 2.30. The van der Waals surface area contributed by atoms with Gasteiger partial charge in [-0.25, -0.2) is 9.78 Å². The molecule has 0 radical (unpaired) electrons. The van der Waals surface area contributed by atoms with E-state index in [1.165, 1.54) is 4.57 Å². The SMILES string of the molecule is Cc1c(-c2ccc3oc(=O)n(C)c3c2)nc2c(OCc3ccccc3)cccn12. The monoisotopic (exact) mass is 385 g/mol. The molecule has 144 valence electrons. The van der Waals surface area contributed by atoms with Crippen molar-refractivity contribution in [1.82, 2.24) is 14.0 Å². The van der Waals surface area contributed by atoms with Gasteiger partial charge in [0, 0.05) is 24.5 Å². The zero-order valence-electron chi connectivity index (χ0n) is 16.1. The molecule has 6 heteroatoms. The first-order valence-electron chi connectivity index (χ1n) is 9.36. The van der Waals surface area contributed by atoms with Crippen molar-refractivity contribution in [2.24, 2.45) is 7.05 Å². The van der Waals surface area contributed by atoms with Gasteiger partial charge in [-0.15, -0.1) is 0 Å². The van der Waals surface area contributed by atoms with Crippen molar-refractivity contribution in [1.29, 1.82) is 0 Å². The Morgan fingerprint density at radius 1 is 1.07 bits per heavy atom. The van der Waals surface area contributed by atoms with Crippen molar-refractivity contribution < 1.29 is 9.15 Å². The largest absolute Gasteiger partial charge is 0.485 e. The van der Waals surface area contributed by atoms with Crippen LogP contribution in [0.25, 0.3) is 28.0 Å². The van der Waals surface area contributed by atoms with Gasteiger partial charge in [-0.1, -0.05) is 30.3 Å². The van der Waals surface area contributed by atoms with Gasteiger partial charge in [0.1, 0.15) is 6.61 Å². The third-order valence-electron chi connectivity index (χ3n) is 5.16. The minimum atomic E-state index is -0.375. The van der Waals surface area contributed by atoms with Crippen LogP contribution in [0, 0.1) is 6.92 Å². The van der Waals surface area contributed by atoms with E-state index in [4.69, 9.17) is 14.1 Å². The number of oxazole rings is 1. The Labute approximate surface area is 166 Å². The quantitative estimate of drug-likeness (QED) is 0.462. The van der Waals surface area contributed by atoms with Gasteiger partial charge in [-0.3, -0.25) is 4.57 Å². The van der Waals surface area contributed by atoms with Crippen molar-refractivity contribution in [3.63, 3.8) is 0 Å². The van der Waals surface area contributed by atoms with E-state index in [0.717, 1.165) is 39.4 Å². The molecular weight excluding hydrogens is 366 g/mol. The first-order chi connectivity index (χ1) is 14.1. The summed E-state index contributed by atoms with van der Waals surface area (Å²) in [7, 11) is 1.70. The number of pyridine rings is 1. The standard InChI is InChI=1S/C23H19N3O3/c1-15-21(17-10-11-19-18(13-17)25(2)23(27)29-19)24-22-20(9-6-12-26(15)22)28-14-16-7-4-3-5-8-16/h3-13H,14H2,1-2H3. The molecule has 0 saturated carbocycles. The van der Waals surface area contributed by atoms with Crippen LogP contribution in [0.15, 0.2) is 76.1 Å². The molecule has 0 N–H and O–H groups in total. The van der Waals surface area contributed by atoms with Crippen molar-refractivity contribution in [2.45, 2.75) is 13.5 Å². The summed E-state index contributed by atoms with van der Waals surface area (Å²) < 4.78 is 14.8. The second-order valence-electron chi connectivity index (χ2n) is 7.00. The van der Waals surface area contributed by atoms with Crippen LogP contribution in [0.5, 0.6) is 5.75 Å². The fourth-order valence-electron chi connectivity index (χ4n) is 3.56. The second-order valence-corrected chi connectivity index (χ2v) is 7.00. The number of rotatable bonds is 4. The van der Waals surface area contributed by atoms with Gasteiger partial charge < -0.3 is 13.6 Å². The van der Waals surface area contributed by atoms with Gasteiger partial charge in [-0.05, 0) is 42.8 Å². The summed E-state index contributed by atoms with van der Waals surface area (Å²) in [6.45, 7) is 2.50. The first kappa shape index (κ1) is 17.3. The molecule has 0 atom stereocenters. The summed E-state index contributed by atoms with van der Waals surface area (Å²) in [6, 6.07) is 19.6. The van der Waals surface area contributed by atoms with Gasteiger partial charge in [0.2, 0.25) is 0 Å². The Morgan fingerprint density at radius 2 is 1.90 bits per heavy atom. The van der Waals surface area contributed by atoms with Gasteiger partial charge >= 0.3 is 5.76 Å². The molecule has 29 heavy (non-hydrogen) atoms. The molecule has 3 heterocycles. The van der Waals surface area contributed by atoms with Crippen molar-refractivity contribution in [3.05, 3.63) is 88.7 Å². The Kier molecular flexibility index (Phi) is 3.98. The highest BCUT2D eigenvalue weighted by atomic mass is 16.5. The Bertz CT molecular complexity index is 1390. The van der Waals surface area contributed by atoms with Crippen LogP contribution >= 0.6 is 0 Å². The van der Waals surface area contributed by atoms with Gasteiger partial charge in [0.05, 0.1) is 11.2 Å². The van der Waals surface area contributed by atoms with E-state index in [0.29, 0.717) is 12.2 Å². The van der Waals surface area contributed by atoms with Crippen LogP contribution in [0.2, 0.25) is 0 Å². The van der Waals surface area contributed by atoms with E-state index in [9.17, 15) is 4.79 Å². The van der Waals surface area contributed by atoms with Crippen molar-refractivity contribution in [2.75, 3.05) is 0 Å². The van der Waals surface area contributed by atoms with Gasteiger partial charge in [0.25, 0.3) is 0 Å². The number of hydrogen-bond donors (Lipinski definition) is 0. The number of nitrogens with zero attached hydrogens (tertiary/aromatic N) is 3. The molecule has 0 spiro atoms. The first-order valence-corrected chi connectivity index (χ1v) is 9.36. The molecule has 0 amide bonds. The summed E-state index contributed by atoms with van der Waals surface area (Å²) in [5, 5.41) is 0. The average molecular weight is 385 g/mol. The van der Waals surface area contributed by atoms with Crippen molar-refractivity contribution in [3.8, 4) is 17.0 Å². The fraction of sp³-hybridized carbons (Fsp3) is 0.130. The molecule has 0 saturated heterocycles. The van der Waals surface area contributed by atoms with E-state index in [-0.39, 0.29) is 5.76 Å². The summed E-state index contributed by atoms with van der Waals surface area (Å²) >= 11 is 0. The molecule has 5 rings (SSSR count). The fourth-order valence-corrected chi connectivity index (χ4v) is 3.56.